The highest BCUT2D eigenvalue weighted by Crippen LogP contribution is 2.34. The average Bonchev–Trinajstić information content (AvgIpc) is 2.84. The maximum atomic E-state index is 3.34. The molecule has 1 nitrogen and oxygen atoms in total. The number of benzene rings is 2. The summed E-state index contributed by atoms with van der Waals surface area (Å²) in [5, 5.41) is 3.34. The molecule has 0 saturated carbocycles. The van der Waals surface area contributed by atoms with Gasteiger partial charge in [-0.2, -0.15) is 0 Å². The molecule has 0 fully saturated rings. The Bertz CT molecular complexity index is 503. The Morgan fingerprint density at radius 2 is 1.56 bits per heavy atom. The first-order valence-electron chi connectivity index (χ1n) is 6.77. The Morgan fingerprint density at radius 1 is 0.944 bits per heavy atom. The molecule has 0 spiro atoms. The number of rotatable bonds is 3. The van der Waals surface area contributed by atoms with Crippen LogP contribution >= 0.6 is 0 Å². The second-order valence-electron chi connectivity index (χ2n) is 5.03. The highest BCUT2D eigenvalue weighted by atomic mass is 14.8. The molecule has 1 heteroatoms. The van der Waals surface area contributed by atoms with E-state index in [4.69, 9.17) is 0 Å². The summed E-state index contributed by atoms with van der Waals surface area (Å²) < 4.78 is 0. The standard InChI is InChI=1S/C17H19N/c1-2-18-17-9-7-13(8-10-17)16-11-14-5-3-4-6-15(14)12-16/h3-10,16,18H,2,11-12H2,1H3. The zero-order valence-electron chi connectivity index (χ0n) is 10.8. The van der Waals surface area contributed by atoms with Crippen molar-refractivity contribution in [1.82, 2.24) is 0 Å². The van der Waals surface area contributed by atoms with Crippen LogP contribution in [-0.2, 0) is 12.8 Å². The zero-order valence-corrected chi connectivity index (χ0v) is 10.8. The van der Waals surface area contributed by atoms with Crippen molar-refractivity contribution in [3.05, 3.63) is 65.2 Å². The normalized spacial score (nSPS) is 14.5. The van der Waals surface area contributed by atoms with Crippen LogP contribution < -0.4 is 5.32 Å². The molecule has 0 radical (unpaired) electrons. The first-order chi connectivity index (χ1) is 8.86. The average molecular weight is 237 g/mol. The van der Waals surface area contributed by atoms with Crippen molar-refractivity contribution in [2.75, 3.05) is 11.9 Å². The number of nitrogens with one attached hydrogen (secondary N) is 1. The summed E-state index contributed by atoms with van der Waals surface area (Å²) >= 11 is 0. The van der Waals surface area contributed by atoms with E-state index in [1.54, 1.807) is 0 Å². The van der Waals surface area contributed by atoms with Crippen molar-refractivity contribution in [3.63, 3.8) is 0 Å². The molecule has 2 aromatic carbocycles. The molecule has 0 atom stereocenters. The first-order valence-corrected chi connectivity index (χ1v) is 6.77. The predicted octanol–water partition coefficient (Wildman–Crippen LogP) is 4.00. The lowest BCUT2D eigenvalue weighted by Gasteiger charge is -2.11. The lowest BCUT2D eigenvalue weighted by molar-refractivity contribution is 0.742. The minimum atomic E-state index is 0.665. The SMILES string of the molecule is CCNc1ccc(C2Cc3ccccc3C2)cc1. The van der Waals surface area contributed by atoms with Crippen molar-refractivity contribution in [3.8, 4) is 0 Å². The van der Waals surface area contributed by atoms with Crippen molar-refractivity contribution in [2.45, 2.75) is 25.7 Å². The van der Waals surface area contributed by atoms with E-state index in [9.17, 15) is 0 Å². The van der Waals surface area contributed by atoms with Crippen LogP contribution in [0.1, 0.15) is 29.5 Å². The molecule has 0 saturated heterocycles. The second kappa shape index (κ2) is 4.85. The Labute approximate surface area is 109 Å². The van der Waals surface area contributed by atoms with E-state index < -0.39 is 0 Å². The lowest BCUT2D eigenvalue weighted by atomic mass is 9.96. The van der Waals surface area contributed by atoms with Gasteiger partial charge in [-0.15, -0.1) is 0 Å². The lowest BCUT2D eigenvalue weighted by Crippen LogP contribution is -2.00. The third kappa shape index (κ3) is 2.13. The minimum Gasteiger partial charge on any atom is -0.385 e. The number of hydrogen-bond donors (Lipinski definition) is 1. The van der Waals surface area contributed by atoms with Crippen molar-refractivity contribution in [1.29, 1.82) is 0 Å². The molecule has 0 heterocycles. The molecule has 2 aromatic rings. The van der Waals surface area contributed by atoms with E-state index >= 15 is 0 Å². The minimum absolute atomic E-state index is 0.665. The number of anilines is 1. The fraction of sp³-hybridized carbons (Fsp3) is 0.294. The van der Waals surface area contributed by atoms with Crippen LogP contribution in [0.25, 0.3) is 0 Å². The van der Waals surface area contributed by atoms with Crippen LogP contribution in [0.2, 0.25) is 0 Å². The Kier molecular flexibility index (Phi) is 3.06. The van der Waals surface area contributed by atoms with Crippen molar-refractivity contribution < 1.29 is 0 Å². The van der Waals surface area contributed by atoms with E-state index in [1.807, 2.05) is 0 Å². The molecule has 1 aliphatic rings. The van der Waals surface area contributed by atoms with Gasteiger partial charge in [0.25, 0.3) is 0 Å². The van der Waals surface area contributed by atoms with Crippen LogP contribution in [0.4, 0.5) is 5.69 Å². The summed E-state index contributed by atoms with van der Waals surface area (Å²) in [6.45, 7) is 3.11. The van der Waals surface area contributed by atoms with Gasteiger partial charge in [0.05, 0.1) is 0 Å². The van der Waals surface area contributed by atoms with Crippen LogP contribution in [0.5, 0.6) is 0 Å². The van der Waals surface area contributed by atoms with Gasteiger partial charge >= 0.3 is 0 Å². The second-order valence-corrected chi connectivity index (χ2v) is 5.03. The topological polar surface area (TPSA) is 12.0 Å². The number of hydrogen-bond acceptors (Lipinski definition) is 1. The monoisotopic (exact) mass is 237 g/mol. The van der Waals surface area contributed by atoms with E-state index in [0.29, 0.717) is 5.92 Å². The summed E-state index contributed by atoms with van der Waals surface area (Å²) in [4.78, 5) is 0. The maximum absolute atomic E-state index is 3.34. The fourth-order valence-corrected chi connectivity index (χ4v) is 2.87. The van der Waals surface area contributed by atoms with Gasteiger partial charge in [-0.1, -0.05) is 36.4 Å². The molecular weight excluding hydrogens is 218 g/mol. The first kappa shape index (κ1) is 11.3. The summed E-state index contributed by atoms with van der Waals surface area (Å²) in [6.07, 6.45) is 2.38. The molecule has 1 N–H and O–H groups in total. The highest BCUT2D eigenvalue weighted by molar-refractivity contribution is 5.46. The maximum Gasteiger partial charge on any atom is 0.0340 e. The Balaban J connectivity index is 1.78. The number of fused-ring (bicyclic) bond motifs is 1. The van der Waals surface area contributed by atoms with Crippen LogP contribution in [0.15, 0.2) is 48.5 Å². The molecule has 0 unspecified atom stereocenters. The predicted molar refractivity (Wildman–Crippen MR) is 77.2 cm³/mol. The van der Waals surface area contributed by atoms with Gasteiger partial charge in [0.15, 0.2) is 0 Å². The summed E-state index contributed by atoms with van der Waals surface area (Å²) in [5.41, 5.74) is 5.74. The Morgan fingerprint density at radius 3 is 2.11 bits per heavy atom. The van der Waals surface area contributed by atoms with Crippen LogP contribution in [-0.4, -0.2) is 6.54 Å². The van der Waals surface area contributed by atoms with Crippen molar-refractivity contribution >= 4 is 5.69 Å². The Hall–Kier alpha value is -1.76. The molecule has 0 amide bonds. The van der Waals surface area contributed by atoms with Gasteiger partial charge in [-0.05, 0) is 54.5 Å². The zero-order chi connectivity index (χ0) is 12.4. The van der Waals surface area contributed by atoms with Gasteiger partial charge in [0, 0.05) is 12.2 Å². The van der Waals surface area contributed by atoms with E-state index in [0.717, 1.165) is 6.54 Å². The van der Waals surface area contributed by atoms with Crippen LogP contribution in [0.3, 0.4) is 0 Å². The molecule has 1 aliphatic carbocycles. The third-order valence-electron chi connectivity index (χ3n) is 3.81. The molecule has 3 rings (SSSR count). The van der Waals surface area contributed by atoms with Crippen molar-refractivity contribution in [2.24, 2.45) is 0 Å². The molecule has 18 heavy (non-hydrogen) atoms. The largest absolute Gasteiger partial charge is 0.385 e. The van der Waals surface area contributed by atoms with Gasteiger partial charge in [-0.3, -0.25) is 0 Å². The highest BCUT2D eigenvalue weighted by Gasteiger charge is 2.21. The molecule has 92 valence electrons. The smallest absolute Gasteiger partial charge is 0.0340 e. The quantitative estimate of drug-likeness (QED) is 0.850. The van der Waals surface area contributed by atoms with Crippen LogP contribution in [0, 0.1) is 0 Å². The van der Waals surface area contributed by atoms with Gasteiger partial charge in [0.2, 0.25) is 0 Å². The van der Waals surface area contributed by atoms with E-state index in [1.165, 1.54) is 35.2 Å². The third-order valence-corrected chi connectivity index (χ3v) is 3.81. The molecular formula is C17H19N. The molecule has 0 aliphatic heterocycles. The molecule has 0 bridgehead atoms. The summed E-state index contributed by atoms with van der Waals surface area (Å²) in [6, 6.07) is 17.8. The van der Waals surface area contributed by atoms with Gasteiger partial charge < -0.3 is 5.32 Å². The summed E-state index contributed by atoms with van der Waals surface area (Å²) in [7, 11) is 0. The fourth-order valence-electron chi connectivity index (χ4n) is 2.87. The molecule has 0 aromatic heterocycles. The van der Waals surface area contributed by atoms with Gasteiger partial charge in [0.1, 0.15) is 0 Å². The van der Waals surface area contributed by atoms with E-state index in [-0.39, 0.29) is 0 Å². The van der Waals surface area contributed by atoms with Gasteiger partial charge in [-0.25, -0.2) is 0 Å². The summed E-state index contributed by atoms with van der Waals surface area (Å²) in [5.74, 6) is 0.665. The van der Waals surface area contributed by atoms with E-state index in [2.05, 4.69) is 60.8 Å².